The van der Waals surface area contributed by atoms with Crippen LogP contribution in [0.25, 0.3) is 0 Å². The lowest BCUT2D eigenvalue weighted by atomic mass is 9.63. The maximum absolute atomic E-state index is 11.9. The van der Waals surface area contributed by atoms with Crippen molar-refractivity contribution in [1.82, 2.24) is 10.2 Å². The summed E-state index contributed by atoms with van der Waals surface area (Å²) in [5.41, 5.74) is -0.0557. The minimum absolute atomic E-state index is 0.0270. The number of carbonyl (C=O) groups is 2. The van der Waals surface area contributed by atoms with Crippen molar-refractivity contribution in [3.63, 3.8) is 0 Å². The molecule has 0 aromatic heterocycles. The molecular weight excluding hydrogens is 216 g/mol. The van der Waals surface area contributed by atoms with Crippen LogP contribution in [0.3, 0.4) is 0 Å². The van der Waals surface area contributed by atoms with Gasteiger partial charge in [-0.15, -0.1) is 0 Å². The lowest BCUT2D eigenvalue weighted by molar-refractivity contribution is -0.146. The Labute approximate surface area is 103 Å². The van der Waals surface area contributed by atoms with E-state index in [-0.39, 0.29) is 23.1 Å². The van der Waals surface area contributed by atoms with Crippen LogP contribution in [0.4, 0.5) is 0 Å². The zero-order valence-electron chi connectivity index (χ0n) is 10.8. The van der Waals surface area contributed by atoms with Crippen LogP contribution in [0, 0.1) is 11.3 Å². The second kappa shape index (κ2) is 4.77. The van der Waals surface area contributed by atoms with E-state index in [1.807, 2.05) is 6.92 Å². The second-order valence-corrected chi connectivity index (χ2v) is 5.35. The number of carbonyl (C=O) groups excluding carboxylic acids is 2. The van der Waals surface area contributed by atoms with Gasteiger partial charge in [-0.05, 0) is 44.3 Å². The molecular formula is C13H22N2O2. The maximum atomic E-state index is 11.9. The molecule has 0 aromatic rings. The first-order valence-corrected chi connectivity index (χ1v) is 6.67. The fourth-order valence-electron chi connectivity index (χ4n) is 3.45. The van der Waals surface area contributed by atoms with Gasteiger partial charge >= 0.3 is 0 Å². The molecule has 2 amide bonds. The van der Waals surface area contributed by atoms with Crippen LogP contribution in [0.15, 0.2) is 0 Å². The highest BCUT2D eigenvalue weighted by molar-refractivity contribution is 5.99. The first-order chi connectivity index (χ1) is 8.11. The molecule has 17 heavy (non-hydrogen) atoms. The molecule has 2 fully saturated rings. The minimum atomic E-state index is -0.0790. The predicted molar refractivity (Wildman–Crippen MR) is 65.3 cm³/mol. The summed E-state index contributed by atoms with van der Waals surface area (Å²) < 4.78 is 0. The molecule has 2 aliphatic rings. The summed E-state index contributed by atoms with van der Waals surface area (Å²) in [4.78, 5) is 25.9. The molecule has 2 saturated heterocycles. The highest BCUT2D eigenvalue weighted by Crippen LogP contribution is 2.45. The quantitative estimate of drug-likeness (QED) is 0.734. The van der Waals surface area contributed by atoms with E-state index >= 15 is 0 Å². The molecule has 2 heterocycles. The normalized spacial score (nSPS) is 29.4. The smallest absolute Gasteiger partial charge is 0.230 e. The number of amides is 2. The van der Waals surface area contributed by atoms with Gasteiger partial charge in [0.15, 0.2) is 0 Å². The summed E-state index contributed by atoms with van der Waals surface area (Å²) in [6.07, 6.45) is 3.34. The largest absolute Gasteiger partial charge is 0.304 e. The average molecular weight is 238 g/mol. The van der Waals surface area contributed by atoms with Crippen molar-refractivity contribution in [3.8, 4) is 0 Å². The van der Waals surface area contributed by atoms with E-state index in [1.54, 1.807) is 0 Å². The first-order valence-electron chi connectivity index (χ1n) is 6.67. The third-order valence-corrected chi connectivity index (χ3v) is 4.54. The van der Waals surface area contributed by atoms with Crippen LogP contribution >= 0.6 is 0 Å². The van der Waals surface area contributed by atoms with E-state index in [2.05, 4.69) is 17.1 Å². The van der Waals surface area contributed by atoms with Gasteiger partial charge in [-0.2, -0.15) is 0 Å². The number of piperidine rings is 2. The van der Waals surface area contributed by atoms with Crippen molar-refractivity contribution in [1.29, 1.82) is 0 Å². The molecule has 2 aliphatic heterocycles. The molecule has 0 aromatic carbocycles. The van der Waals surface area contributed by atoms with Crippen molar-refractivity contribution in [2.75, 3.05) is 19.6 Å². The van der Waals surface area contributed by atoms with Gasteiger partial charge in [-0.25, -0.2) is 0 Å². The Balaban J connectivity index is 2.16. The SMILES string of the molecule is CCC1C(=O)NC(=O)CC12CCN(CC)CC2. The number of imide groups is 1. The number of rotatable bonds is 2. The second-order valence-electron chi connectivity index (χ2n) is 5.35. The van der Waals surface area contributed by atoms with Crippen molar-refractivity contribution < 1.29 is 9.59 Å². The third-order valence-electron chi connectivity index (χ3n) is 4.54. The van der Waals surface area contributed by atoms with Crippen LogP contribution in [0.1, 0.15) is 39.5 Å². The first kappa shape index (κ1) is 12.6. The molecule has 0 aliphatic carbocycles. The van der Waals surface area contributed by atoms with Gasteiger partial charge in [0.25, 0.3) is 0 Å². The number of nitrogens with one attached hydrogen (secondary N) is 1. The number of hydrogen-bond donors (Lipinski definition) is 1. The summed E-state index contributed by atoms with van der Waals surface area (Å²) >= 11 is 0. The highest BCUT2D eigenvalue weighted by Gasteiger charge is 2.48. The van der Waals surface area contributed by atoms with E-state index in [0.717, 1.165) is 38.9 Å². The zero-order valence-corrected chi connectivity index (χ0v) is 10.8. The van der Waals surface area contributed by atoms with Crippen molar-refractivity contribution >= 4 is 11.8 Å². The van der Waals surface area contributed by atoms with Crippen molar-refractivity contribution in [3.05, 3.63) is 0 Å². The Kier molecular flexibility index (Phi) is 3.52. The Morgan fingerprint density at radius 3 is 2.47 bits per heavy atom. The summed E-state index contributed by atoms with van der Waals surface area (Å²) in [6.45, 7) is 7.32. The number of likely N-dealkylation sites (tertiary alicyclic amines) is 1. The number of hydrogen-bond acceptors (Lipinski definition) is 3. The molecule has 96 valence electrons. The van der Waals surface area contributed by atoms with Crippen LogP contribution in [0.5, 0.6) is 0 Å². The summed E-state index contributed by atoms with van der Waals surface area (Å²) in [6, 6.07) is 0. The topological polar surface area (TPSA) is 49.4 Å². The van der Waals surface area contributed by atoms with E-state index in [0.29, 0.717) is 6.42 Å². The molecule has 0 bridgehead atoms. The van der Waals surface area contributed by atoms with Crippen LogP contribution in [-0.4, -0.2) is 36.3 Å². The molecule has 0 radical (unpaired) electrons. The molecule has 1 N–H and O–H groups in total. The fraction of sp³-hybridized carbons (Fsp3) is 0.846. The van der Waals surface area contributed by atoms with E-state index in [9.17, 15) is 9.59 Å². The van der Waals surface area contributed by atoms with Gasteiger partial charge in [0.05, 0.1) is 0 Å². The van der Waals surface area contributed by atoms with Gasteiger partial charge in [0.1, 0.15) is 0 Å². The van der Waals surface area contributed by atoms with E-state index < -0.39 is 0 Å². The van der Waals surface area contributed by atoms with Crippen LogP contribution < -0.4 is 5.32 Å². The molecule has 1 atom stereocenters. The van der Waals surface area contributed by atoms with Gasteiger partial charge in [-0.3, -0.25) is 14.9 Å². The Bertz CT molecular complexity index is 319. The van der Waals surface area contributed by atoms with E-state index in [4.69, 9.17) is 0 Å². The molecule has 4 heteroatoms. The van der Waals surface area contributed by atoms with E-state index in [1.165, 1.54) is 0 Å². The third kappa shape index (κ3) is 2.23. The Morgan fingerprint density at radius 2 is 1.94 bits per heavy atom. The summed E-state index contributed by atoms with van der Waals surface area (Å²) in [5.74, 6) is -0.0995. The lowest BCUT2D eigenvalue weighted by Crippen LogP contribution is -2.55. The predicted octanol–water partition coefficient (Wildman–Crippen LogP) is 1.16. The van der Waals surface area contributed by atoms with Gasteiger partial charge in [-0.1, -0.05) is 13.8 Å². The standard InChI is InChI=1S/C13H22N2O2/c1-3-10-12(17)14-11(16)9-13(10)5-7-15(4-2)8-6-13/h10H,3-9H2,1-2H3,(H,14,16,17). The van der Waals surface area contributed by atoms with Crippen LogP contribution in [-0.2, 0) is 9.59 Å². The lowest BCUT2D eigenvalue weighted by Gasteiger charge is -2.47. The van der Waals surface area contributed by atoms with Crippen molar-refractivity contribution in [2.24, 2.45) is 11.3 Å². The molecule has 1 unspecified atom stereocenters. The van der Waals surface area contributed by atoms with Gasteiger partial charge in [0, 0.05) is 12.3 Å². The Morgan fingerprint density at radius 1 is 1.29 bits per heavy atom. The minimum Gasteiger partial charge on any atom is -0.304 e. The summed E-state index contributed by atoms with van der Waals surface area (Å²) in [5, 5.41) is 2.49. The van der Waals surface area contributed by atoms with Gasteiger partial charge < -0.3 is 4.90 Å². The van der Waals surface area contributed by atoms with Gasteiger partial charge in [0.2, 0.25) is 11.8 Å². The van der Waals surface area contributed by atoms with Crippen LogP contribution in [0.2, 0.25) is 0 Å². The summed E-state index contributed by atoms with van der Waals surface area (Å²) in [7, 11) is 0. The molecule has 1 spiro atoms. The van der Waals surface area contributed by atoms with Crippen molar-refractivity contribution in [2.45, 2.75) is 39.5 Å². The molecule has 4 nitrogen and oxygen atoms in total. The molecule has 0 saturated carbocycles. The maximum Gasteiger partial charge on any atom is 0.230 e. The molecule has 2 rings (SSSR count). The highest BCUT2D eigenvalue weighted by atomic mass is 16.2. The zero-order chi connectivity index (χ0) is 12.5. The average Bonchev–Trinajstić information content (AvgIpc) is 2.29. The monoisotopic (exact) mass is 238 g/mol. The number of nitrogens with zero attached hydrogens (tertiary/aromatic N) is 1. The fourth-order valence-corrected chi connectivity index (χ4v) is 3.45. The Hall–Kier alpha value is -0.900.